The Hall–Kier alpha value is -4.52. The minimum atomic E-state index is -0.687. The van der Waals surface area contributed by atoms with Crippen molar-refractivity contribution < 1.29 is 14.3 Å². The van der Waals surface area contributed by atoms with Gasteiger partial charge in [0.1, 0.15) is 12.4 Å². The molecule has 4 aromatic rings. The Morgan fingerprint density at radius 3 is 2.78 bits per heavy atom. The molecule has 1 fully saturated rings. The van der Waals surface area contributed by atoms with Crippen molar-refractivity contribution >= 4 is 11.6 Å². The Bertz CT molecular complexity index is 1570. The monoisotopic (exact) mass is 550 g/mol. The summed E-state index contributed by atoms with van der Waals surface area (Å²) in [7, 11) is 0. The summed E-state index contributed by atoms with van der Waals surface area (Å²) in [5.41, 5.74) is 4.83. The number of morpholine rings is 1. The molecule has 1 saturated heterocycles. The molecule has 1 aliphatic rings. The fraction of sp³-hybridized carbons (Fsp3) is 0.312. The van der Waals surface area contributed by atoms with Crippen LogP contribution in [0.4, 0.5) is 5.69 Å². The molecule has 9 heteroatoms. The van der Waals surface area contributed by atoms with Gasteiger partial charge in [-0.1, -0.05) is 18.2 Å². The van der Waals surface area contributed by atoms with E-state index in [0.717, 1.165) is 66.5 Å². The molecule has 210 valence electrons. The van der Waals surface area contributed by atoms with E-state index in [1.165, 1.54) is 0 Å². The highest BCUT2D eigenvalue weighted by molar-refractivity contribution is 6.04. The predicted molar refractivity (Wildman–Crippen MR) is 157 cm³/mol. The van der Waals surface area contributed by atoms with E-state index in [0.29, 0.717) is 17.9 Å². The lowest BCUT2D eigenvalue weighted by atomic mass is 9.85. The van der Waals surface area contributed by atoms with Gasteiger partial charge in [-0.25, -0.2) is 4.68 Å². The Labute approximate surface area is 240 Å². The summed E-state index contributed by atoms with van der Waals surface area (Å²) in [5, 5.41) is 17.1. The number of nitriles is 1. The summed E-state index contributed by atoms with van der Waals surface area (Å²) >= 11 is 0. The Kier molecular flexibility index (Phi) is 8.43. The first-order valence-corrected chi connectivity index (χ1v) is 13.7. The number of nitrogens with one attached hydrogen (secondary N) is 1. The number of anilines is 1. The van der Waals surface area contributed by atoms with Gasteiger partial charge in [0.25, 0.3) is 5.91 Å². The molecule has 1 aliphatic heterocycles. The normalized spacial score (nSPS) is 13.9. The second-order valence-electron chi connectivity index (χ2n) is 10.6. The van der Waals surface area contributed by atoms with Crippen molar-refractivity contribution in [2.45, 2.75) is 26.2 Å². The van der Waals surface area contributed by atoms with E-state index in [2.05, 4.69) is 26.4 Å². The van der Waals surface area contributed by atoms with Crippen molar-refractivity contribution in [1.29, 1.82) is 5.26 Å². The number of ether oxygens (including phenoxy) is 2. The highest BCUT2D eigenvalue weighted by Gasteiger charge is 2.21. The van der Waals surface area contributed by atoms with Crippen molar-refractivity contribution in [2.24, 2.45) is 0 Å². The molecular formula is C32H34N6O3. The van der Waals surface area contributed by atoms with Gasteiger partial charge >= 0.3 is 0 Å². The molecule has 41 heavy (non-hydrogen) atoms. The summed E-state index contributed by atoms with van der Waals surface area (Å²) in [4.78, 5) is 19.7. The highest BCUT2D eigenvalue weighted by Crippen LogP contribution is 2.30. The topological polar surface area (TPSA) is 105 Å². The molecule has 3 heterocycles. The fourth-order valence-electron chi connectivity index (χ4n) is 4.68. The molecule has 5 rings (SSSR count). The molecule has 9 nitrogen and oxygen atoms in total. The quantitative estimate of drug-likeness (QED) is 0.312. The average Bonchev–Trinajstić information content (AvgIpc) is 3.49. The van der Waals surface area contributed by atoms with Gasteiger partial charge in [-0.3, -0.25) is 14.7 Å². The minimum absolute atomic E-state index is 0.245. The number of pyridine rings is 1. The zero-order valence-electron chi connectivity index (χ0n) is 23.6. The minimum Gasteiger partial charge on any atom is -0.491 e. The van der Waals surface area contributed by atoms with Crippen molar-refractivity contribution in [1.82, 2.24) is 19.7 Å². The molecule has 1 amide bonds. The number of amides is 1. The van der Waals surface area contributed by atoms with E-state index in [4.69, 9.17) is 9.47 Å². The van der Waals surface area contributed by atoms with E-state index in [9.17, 15) is 10.1 Å². The molecule has 2 aromatic carbocycles. The van der Waals surface area contributed by atoms with Gasteiger partial charge < -0.3 is 14.8 Å². The maximum Gasteiger partial charge on any atom is 0.255 e. The maximum atomic E-state index is 13.1. The summed E-state index contributed by atoms with van der Waals surface area (Å²) in [6.45, 7) is 10.4. The summed E-state index contributed by atoms with van der Waals surface area (Å²) in [6.07, 6.45) is 7.24. The number of rotatable bonds is 9. The van der Waals surface area contributed by atoms with Crippen molar-refractivity contribution in [3.63, 3.8) is 0 Å². The number of hydrogen-bond acceptors (Lipinski definition) is 7. The van der Waals surface area contributed by atoms with Crippen LogP contribution in [0.15, 0.2) is 73.3 Å². The number of carbonyl (C=O) groups excluding carboxylic acids is 1. The second kappa shape index (κ2) is 12.3. The SMILES string of the molecule is Cc1ccc(NC(=O)c2cccc(C(C)(C)C#N)c2)cc1-n1cc(-c2cnccc2OCCN2CCOCC2)cn1. The van der Waals surface area contributed by atoms with Gasteiger partial charge in [0.05, 0.1) is 36.6 Å². The van der Waals surface area contributed by atoms with Gasteiger partial charge in [0, 0.05) is 60.6 Å². The van der Waals surface area contributed by atoms with Crippen LogP contribution >= 0.6 is 0 Å². The van der Waals surface area contributed by atoms with Gasteiger partial charge in [-0.2, -0.15) is 10.4 Å². The number of aromatic nitrogens is 3. The number of hydrogen-bond donors (Lipinski definition) is 1. The lowest BCUT2D eigenvalue weighted by Crippen LogP contribution is -2.38. The van der Waals surface area contributed by atoms with E-state index >= 15 is 0 Å². The van der Waals surface area contributed by atoms with Gasteiger partial charge in [0.2, 0.25) is 0 Å². The Morgan fingerprint density at radius 1 is 1.15 bits per heavy atom. The zero-order chi connectivity index (χ0) is 28.8. The summed E-state index contributed by atoms with van der Waals surface area (Å²) < 4.78 is 13.4. The fourth-order valence-corrected chi connectivity index (χ4v) is 4.68. The molecule has 0 unspecified atom stereocenters. The molecule has 0 bridgehead atoms. The van der Waals surface area contributed by atoms with Crippen LogP contribution in [0.1, 0.15) is 35.3 Å². The first kappa shape index (κ1) is 28.0. The highest BCUT2D eigenvalue weighted by atomic mass is 16.5. The van der Waals surface area contributed by atoms with Crippen LogP contribution < -0.4 is 10.1 Å². The third-order valence-electron chi connectivity index (χ3n) is 7.28. The van der Waals surface area contributed by atoms with E-state index < -0.39 is 5.41 Å². The standard InChI is InChI=1S/C32H34N6O3/c1-23-7-8-27(36-31(39)24-5-4-6-26(17-24)32(2,3)22-33)18-29(23)38-21-25(19-35-38)28-20-34-10-9-30(28)41-16-13-37-11-14-40-15-12-37/h4-10,17-21H,11-16H2,1-3H3,(H,36,39). The van der Waals surface area contributed by atoms with Crippen LogP contribution in [0, 0.1) is 18.3 Å². The van der Waals surface area contributed by atoms with Crippen LogP contribution in [0.25, 0.3) is 16.8 Å². The smallest absolute Gasteiger partial charge is 0.255 e. The molecule has 0 radical (unpaired) electrons. The van der Waals surface area contributed by atoms with Gasteiger partial charge in [0.15, 0.2) is 0 Å². The lowest BCUT2D eigenvalue weighted by molar-refractivity contribution is 0.0323. The number of carbonyl (C=O) groups is 1. The van der Waals surface area contributed by atoms with Crippen LogP contribution in [0.5, 0.6) is 5.75 Å². The number of aryl methyl sites for hydroxylation is 1. The first-order valence-electron chi connectivity index (χ1n) is 13.7. The molecular weight excluding hydrogens is 516 g/mol. The lowest BCUT2D eigenvalue weighted by Gasteiger charge is -2.26. The molecule has 1 N–H and O–H groups in total. The van der Waals surface area contributed by atoms with Gasteiger partial charge in [-0.05, 0) is 62.2 Å². The Morgan fingerprint density at radius 2 is 1.98 bits per heavy atom. The van der Waals surface area contributed by atoms with Gasteiger partial charge in [-0.15, -0.1) is 0 Å². The zero-order valence-corrected chi connectivity index (χ0v) is 23.6. The second-order valence-corrected chi connectivity index (χ2v) is 10.6. The van der Waals surface area contributed by atoms with Crippen LogP contribution in [0.3, 0.4) is 0 Å². The third kappa shape index (κ3) is 6.62. The van der Waals surface area contributed by atoms with Crippen LogP contribution in [0.2, 0.25) is 0 Å². The molecule has 2 aromatic heterocycles. The average molecular weight is 551 g/mol. The molecule has 0 atom stereocenters. The van der Waals surface area contributed by atoms with E-state index in [-0.39, 0.29) is 5.91 Å². The summed E-state index contributed by atoms with van der Waals surface area (Å²) in [5.74, 6) is 0.512. The van der Waals surface area contributed by atoms with Crippen LogP contribution in [-0.4, -0.2) is 65.0 Å². The van der Waals surface area contributed by atoms with Crippen LogP contribution in [-0.2, 0) is 10.2 Å². The van der Waals surface area contributed by atoms with Crippen molar-refractivity contribution in [3.8, 4) is 28.6 Å². The molecule has 0 saturated carbocycles. The predicted octanol–water partition coefficient (Wildman–Crippen LogP) is 5.01. The number of nitrogens with zero attached hydrogens (tertiary/aromatic N) is 5. The Balaban J connectivity index is 1.31. The number of benzene rings is 2. The largest absolute Gasteiger partial charge is 0.491 e. The van der Waals surface area contributed by atoms with Crippen molar-refractivity contribution in [2.75, 3.05) is 44.8 Å². The van der Waals surface area contributed by atoms with E-state index in [1.54, 1.807) is 41.5 Å². The molecule has 0 aliphatic carbocycles. The maximum absolute atomic E-state index is 13.1. The van der Waals surface area contributed by atoms with E-state index in [1.807, 2.05) is 57.3 Å². The third-order valence-corrected chi connectivity index (χ3v) is 7.28. The summed E-state index contributed by atoms with van der Waals surface area (Å²) in [6, 6.07) is 17.1. The molecule has 0 spiro atoms. The first-order chi connectivity index (χ1) is 19.8. The van der Waals surface area contributed by atoms with Crippen molar-refractivity contribution in [3.05, 3.63) is 90.0 Å².